The van der Waals surface area contributed by atoms with Gasteiger partial charge < -0.3 is 15.8 Å². The molecule has 0 saturated carbocycles. The Kier molecular flexibility index (Phi) is 3.47. The summed E-state index contributed by atoms with van der Waals surface area (Å²) in [5.74, 6) is 0.464. The molecule has 0 aliphatic carbocycles. The van der Waals surface area contributed by atoms with E-state index in [0.29, 0.717) is 23.7 Å². The van der Waals surface area contributed by atoms with Crippen molar-refractivity contribution >= 4 is 11.6 Å². The summed E-state index contributed by atoms with van der Waals surface area (Å²) in [4.78, 5) is 11.7. The van der Waals surface area contributed by atoms with Crippen LogP contribution in [-0.4, -0.2) is 23.2 Å². The quantitative estimate of drug-likeness (QED) is 0.700. The van der Waals surface area contributed by atoms with E-state index in [1.54, 1.807) is 31.4 Å². The van der Waals surface area contributed by atoms with E-state index < -0.39 is 0 Å². The van der Waals surface area contributed by atoms with Gasteiger partial charge in [0.05, 0.1) is 7.11 Å². The molecule has 94 valence electrons. The maximum atomic E-state index is 11.7. The molecule has 0 aliphatic heterocycles. The Labute approximate surface area is 104 Å². The van der Waals surface area contributed by atoms with Crippen LogP contribution in [0.5, 0.6) is 5.75 Å². The van der Waals surface area contributed by atoms with Crippen LogP contribution in [0.15, 0.2) is 30.5 Å². The highest BCUT2D eigenvalue weighted by atomic mass is 16.5. The van der Waals surface area contributed by atoms with Gasteiger partial charge in [-0.2, -0.15) is 5.10 Å². The average molecular weight is 246 g/mol. The number of carbonyl (C=O) groups excluding carboxylic acids is 1. The Balaban J connectivity index is 2.06. The summed E-state index contributed by atoms with van der Waals surface area (Å²) < 4.78 is 5.20. The smallest absolute Gasteiger partial charge is 0.269 e. The molecule has 0 radical (unpaired) electrons. The number of nitrogen functional groups attached to an aromatic ring is 1. The molecular weight excluding hydrogens is 232 g/mol. The second-order valence-corrected chi connectivity index (χ2v) is 3.72. The second-order valence-electron chi connectivity index (χ2n) is 3.72. The number of aromatic amines is 1. The number of carbonyl (C=O) groups is 1. The molecule has 18 heavy (non-hydrogen) atoms. The van der Waals surface area contributed by atoms with Crippen molar-refractivity contribution in [3.8, 4) is 5.75 Å². The Morgan fingerprint density at radius 3 is 3.00 bits per heavy atom. The fraction of sp³-hybridized carbons (Fsp3) is 0.167. The lowest BCUT2D eigenvalue weighted by Crippen LogP contribution is -2.23. The number of aromatic nitrogens is 2. The number of anilines is 1. The first-order valence-electron chi connectivity index (χ1n) is 5.40. The molecule has 0 spiro atoms. The van der Waals surface area contributed by atoms with E-state index in [-0.39, 0.29) is 5.91 Å². The minimum absolute atomic E-state index is 0.225. The van der Waals surface area contributed by atoms with Crippen molar-refractivity contribution in [1.29, 1.82) is 0 Å². The third-order valence-electron chi connectivity index (χ3n) is 2.49. The highest BCUT2D eigenvalue weighted by Crippen LogP contribution is 2.20. The molecule has 0 saturated heterocycles. The molecule has 0 fully saturated rings. The zero-order valence-electron chi connectivity index (χ0n) is 9.93. The summed E-state index contributed by atoms with van der Waals surface area (Å²) >= 11 is 0. The van der Waals surface area contributed by atoms with Gasteiger partial charge in [-0.3, -0.25) is 9.89 Å². The summed E-state index contributed by atoms with van der Waals surface area (Å²) in [5, 5.41) is 9.07. The molecule has 6 nitrogen and oxygen atoms in total. The highest BCUT2D eigenvalue weighted by Gasteiger charge is 2.08. The lowest BCUT2D eigenvalue weighted by Gasteiger charge is -2.10. The van der Waals surface area contributed by atoms with E-state index in [2.05, 4.69) is 15.5 Å². The van der Waals surface area contributed by atoms with Gasteiger partial charge in [-0.05, 0) is 24.3 Å². The monoisotopic (exact) mass is 246 g/mol. The van der Waals surface area contributed by atoms with Crippen molar-refractivity contribution in [2.75, 3.05) is 12.8 Å². The SMILES string of the molecule is COc1ccc(N)cc1CNC(=O)c1ccn[nH]1. The normalized spacial score (nSPS) is 10.1. The lowest BCUT2D eigenvalue weighted by atomic mass is 10.1. The van der Waals surface area contributed by atoms with Crippen LogP contribution in [0.1, 0.15) is 16.1 Å². The number of hydrogen-bond donors (Lipinski definition) is 3. The number of hydrogen-bond acceptors (Lipinski definition) is 4. The first-order chi connectivity index (χ1) is 8.70. The van der Waals surface area contributed by atoms with Gasteiger partial charge in [0.25, 0.3) is 5.91 Å². The topological polar surface area (TPSA) is 93.0 Å². The molecule has 4 N–H and O–H groups in total. The predicted octanol–water partition coefficient (Wildman–Crippen LogP) is 0.930. The number of nitrogens with one attached hydrogen (secondary N) is 2. The number of nitrogens with two attached hydrogens (primary N) is 1. The first-order valence-corrected chi connectivity index (χ1v) is 5.40. The summed E-state index contributed by atoms with van der Waals surface area (Å²) in [6.07, 6.45) is 1.52. The van der Waals surface area contributed by atoms with Gasteiger partial charge in [-0.1, -0.05) is 0 Å². The molecule has 0 bridgehead atoms. The fourth-order valence-corrected chi connectivity index (χ4v) is 1.59. The van der Waals surface area contributed by atoms with Gasteiger partial charge in [0, 0.05) is 24.0 Å². The standard InChI is InChI=1S/C12H14N4O2/c1-18-11-3-2-9(13)6-8(11)7-14-12(17)10-4-5-15-16-10/h2-6H,7,13H2,1H3,(H,14,17)(H,15,16). The molecule has 1 heterocycles. The van der Waals surface area contributed by atoms with Crippen LogP contribution < -0.4 is 15.8 Å². The third-order valence-corrected chi connectivity index (χ3v) is 2.49. The van der Waals surface area contributed by atoms with E-state index in [1.807, 2.05) is 0 Å². The average Bonchev–Trinajstić information content (AvgIpc) is 2.90. The summed E-state index contributed by atoms with van der Waals surface area (Å²) in [6.45, 7) is 0.339. The Morgan fingerprint density at radius 1 is 1.50 bits per heavy atom. The van der Waals surface area contributed by atoms with Gasteiger partial charge in [0.2, 0.25) is 0 Å². The molecule has 0 atom stereocenters. The van der Waals surface area contributed by atoms with Crippen molar-refractivity contribution in [2.45, 2.75) is 6.54 Å². The zero-order chi connectivity index (χ0) is 13.0. The van der Waals surface area contributed by atoms with Crippen molar-refractivity contribution in [2.24, 2.45) is 0 Å². The van der Waals surface area contributed by atoms with Gasteiger partial charge in [0.1, 0.15) is 11.4 Å². The maximum Gasteiger partial charge on any atom is 0.269 e. The summed E-state index contributed by atoms with van der Waals surface area (Å²) in [6, 6.07) is 6.89. The number of methoxy groups -OCH3 is 1. The number of rotatable bonds is 4. The van der Waals surface area contributed by atoms with Crippen molar-refractivity contribution in [3.63, 3.8) is 0 Å². The van der Waals surface area contributed by atoms with Crippen LogP contribution in [0.2, 0.25) is 0 Å². The number of H-pyrrole nitrogens is 1. The number of ether oxygens (including phenoxy) is 1. The molecule has 0 unspecified atom stereocenters. The number of amides is 1. The Bertz CT molecular complexity index is 537. The fourth-order valence-electron chi connectivity index (χ4n) is 1.59. The summed E-state index contributed by atoms with van der Waals surface area (Å²) in [5.41, 5.74) is 7.56. The van der Waals surface area contributed by atoms with Crippen LogP contribution in [-0.2, 0) is 6.54 Å². The second kappa shape index (κ2) is 5.22. The Morgan fingerprint density at radius 2 is 2.33 bits per heavy atom. The van der Waals surface area contributed by atoms with Crippen molar-refractivity contribution in [1.82, 2.24) is 15.5 Å². The van der Waals surface area contributed by atoms with Crippen LogP contribution >= 0.6 is 0 Å². The molecule has 2 aromatic rings. The number of benzene rings is 1. The molecule has 2 rings (SSSR count). The highest BCUT2D eigenvalue weighted by molar-refractivity contribution is 5.92. The van der Waals surface area contributed by atoms with E-state index in [9.17, 15) is 4.79 Å². The van der Waals surface area contributed by atoms with Gasteiger partial charge in [0.15, 0.2) is 0 Å². The van der Waals surface area contributed by atoms with Crippen LogP contribution in [0.25, 0.3) is 0 Å². The van der Waals surface area contributed by atoms with Crippen molar-refractivity contribution in [3.05, 3.63) is 41.7 Å². The van der Waals surface area contributed by atoms with E-state index in [1.165, 1.54) is 6.20 Å². The van der Waals surface area contributed by atoms with Gasteiger partial charge in [-0.15, -0.1) is 0 Å². The molecular formula is C12H14N4O2. The van der Waals surface area contributed by atoms with Gasteiger partial charge >= 0.3 is 0 Å². The Hall–Kier alpha value is -2.50. The maximum absolute atomic E-state index is 11.7. The zero-order valence-corrected chi connectivity index (χ0v) is 9.93. The number of nitrogens with zero attached hydrogens (tertiary/aromatic N) is 1. The lowest BCUT2D eigenvalue weighted by molar-refractivity contribution is 0.0945. The molecule has 1 aromatic carbocycles. The van der Waals surface area contributed by atoms with E-state index >= 15 is 0 Å². The molecule has 0 aliphatic rings. The summed E-state index contributed by atoms with van der Waals surface area (Å²) in [7, 11) is 1.58. The minimum Gasteiger partial charge on any atom is -0.496 e. The predicted molar refractivity (Wildman–Crippen MR) is 67.2 cm³/mol. The third kappa shape index (κ3) is 2.60. The van der Waals surface area contributed by atoms with Crippen LogP contribution in [0, 0.1) is 0 Å². The minimum atomic E-state index is -0.225. The molecule has 6 heteroatoms. The van der Waals surface area contributed by atoms with Crippen LogP contribution in [0.3, 0.4) is 0 Å². The van der Waals surface area contributed by atoms with Gasteiger partial charge in [-0.25, -0.2) is 0 Å². The largest absolute Gasteiger partial charge is 0.496 e. The molecule has 1 amide bonds. The van der Waals surface area contributed by atoms with Crippen LogP contribution in [0.4, 0.5) is 5.69 Å². The van der Waals surface area contributed by atoms with E-state index in [0.717, 1.165) is 5.56 Å². The first kappa shape index (κ1) is 12.0. The molecule has 1 aromatic heterocycles. The van der Waals surface area contributed by atoms with Crippen molar-refractivity contribution < 1.29 is 9.53 Å². The van der Waals surface area contributed by atoms with E-state index in [4.69, 9.17) is 10.5 Å².